The van der Waals surface area contributed by atoms with Crippen LogP contribution in [0.25, 0.3) is 16.7 Å². The monoisotopic (exact) mass is 394 g/mol. The molecule has 1 fully saturated rings. The van der Waals surface area contributed by atoms with E-state index in [-0.39, 0.29) is 0 Å². The van der Waals surface area contributed by atoms with Gasteiger partial charge < -0.3 is 5.32 Å². The van der Waals surface area contributed by atoms with Gasteiger partial charge in [0.25, 0.3) is 0 Å². The molecule has 2 nitrogen and oxygen atoms in total. The first-order valence-corrected chi connectivity index (χ1v) is 10.9. The number of nitrogens with zero attached hydrogens (tertiary/aromatic N) is 1. The predicted octanol–water partition coefficient (Wildman–Crippen LogP) is 5.88. The first kappa shape index (κ1) is 19.7. The maximum atomic E-state index is 6.03. The van der Waals surface area contributed by atoms with Crippen molar-refractivity contribution in [1.82, 2.24) is 10.2 Å². The lowest BCUT2D eigenvalue weighted by molar-refractivity contribution is 0.249. The van der Waals surface area contributed by atoms with Crippen LogP contribution in [0.3, 0.4) is 0 Å². The first-order valence-electron chi connectivity index (χ1n) is 10.5. The molecule has 0 spiro atoms. The summed E-state index contributed by atoms with van der Waals surface area (Å²) in [6.45, 7) is 10.5. The molecule has 0 radical (unpaired) electrons. The van der Waals surface area contributed by atoms with Crippen LogP contribution in [-0.2, 0) is 0 Å². The fourth-order valence-corrected chi connectivity index (χ4v) is 4.58. The lowest BCUT2D eigenvalue weighted by Crippen LogP contribution is -2.44. The molecule has 2 aromatic carbocycles. The maximum absolute atomic E-state index is 6.03. The molecule has 1 aliphatic carbocycles. The highest BCUT2D eigenvalue weighted by atomic mass is 35.5. The third-order valence-corrected chi connectivity index (χ3v) is 6.47. The van der Waals surface area contributed by atoms with E-state index in [2.05, 4.69) is 60.5 Å². The number of benzene rings is 2. The second kappa shape index (κ2) is 8.41. The average molecular weight is 395 g/mol. The van der Waals surface area contributed by atoms with Gasteiger partial charge in [0.15, 0.2) is 0 Å². The van der Waals surface area contributed by atoms with E-state index in [0.717, 1.165) is 37.7 Å². The Morgan fingerprint density at radius 2 is 1.46 bits per heavy atom. The highest BCUT2D eigenvalue weighted by Crippen LogP contribution is 2.43. The molecule has 1 saturated heterocycles. The minimum Gasteiger partial charge on any atom is -0.314 e. The van der Waals surface area contributed by atoms with E-state index in [0.29, 0.717) is 5.41 Å². The van der Waals surface area contributed by atoms with Crippen molar-refractivity contribution in [2.24, 2.45) is 5.41 Å². The van der Waals surface area contributed by atoms with Crippen molar-refractivity contribution in [3.05, 3.63) is 64.7 Å². The Morgan fingerprint density at radius 1 is 0.893 bits per heavy atom. The molecule has 2 aromatic rings. The van der Waals surface area contributed by atoms with Crippen LogP contribution < -0.4 is 5.32 Å². The molecule has 1 aliphatic heterocycles. The van der Waals surface area contributed by atoms with Crippen molar-refractivity contribution >= 4 is 17.2 Å². The van der Waals surface area contributed by atoms with Gasteiger partial charge in [-0.3, -0.25) is 4.90 Å². The first-order chi connectivity index (χ1) is 13.5. The Bertz CT molecular complexity index is 828. The number of rotatable bonds is 4. The number of piperazine rings is 1. The standard InChI is InChI=1S/C25H31ClN2/c1-25(2)12-11-22(18-28-15-13-27-14-16-28)24(17-25)21-5-3-19(4-6-21)20-7-9-23(26)10-8-20/h3-10,27H,11-18H2,1-2H3. The average Bonchev–Trinajstić information content (AvgIpc) is 2.71. The van der Waals surface area contributed by atoms with Crippen molar-refractivity contribution in [3.63, 3.8) is 0 Å². The van der Waals surface area contributed by atoms with Gasteiger partial charge in [-0.1, -0.05) is 67.4 Å². The highest BCUT2D eigenvalue weighted by molar-refractivity contribution is 6.30. The highest BCUT2D eigenvalue weighted by Gasteiger charge is 2.28. The molecule has 3 heteroatoms. The number of hydrogen-bond donors (Lipinski definition) is 1. The largest absolute Gasteiger partial charge is 0.314 e. The zero-order chi connectivity index (χ0) is 19.6. The van der Waals surface area contributed by atoms with Crippen molar-refractivity contribution in [1.29, 1.82) is 0 Å². The summed E-state index contributed by atoms with van der Waals surface area (Å²) in [5, 5.41) is 4.25. The fourth-order valence-electron chi connectivity index (χ4n) is 4.46. The Labute approximate surface area is 174 Å². The smallest absolute Gasteiger partial charge is 0.0406 e. The van der Waals surface area contributed by atoms with E-state index in [1.54, 1.807) is 11.1 Å². The summed E-state index contributed by atoms with van der Waals surface area (Å²) in [6.07, 6.45) is 3.70. The van der Waals surface area contributed by atoms with E-state index in [9.17, 15) is 0 Å². The van der Waals surface area contributed by atoms with Crippen molar-refractivity contribution in [2.45, 2.75) is 33.1 Å². The molecule has 0 bridgehead atoms. The molecule has 4 rings (SSSR count). The summed E-state index contributed by atoms with van der Waals surface area (Å²) in [4.78, 5) is 2.62. The number of nitrogens with one attached hydrogen (secondary N) is 1. The zero-order valence-electron chi connectivity index (χ0n) is 17.1. The van der Waals surface area contributed by atoms with Crippen LogP contribution in [-0.4, -0.2) is 37.6 Å². The van der Waals surface area contributed by atoms with E-state index in [1.807, 2.05) is 12.1 Å². The summed E-state index contributed by atoms with van der Waals surface area (Å²) in [6, 6.07) is 17.3. The number of halogens is 1. The number of hydrogen-bond acceptors (Lipinski definition) is 2. The Kier molecular flexibility index (Phi) is 5.91. The third-order valence-electron chi connectivity index (χ3n) is 6.22. The van der Waals surface area contributed by atoms with E-state index in [1.165, 1.54) is 36.0 Å². The van der Waals surface area contributed by atoms with Gasteiger partial charge in [0.1, 0.15) is 0 Å². The molecule has 0 unspecified atom stereocenters. The maximum Gasteiger partial charge on any atom is 0.0406 e. The summed E-state index contributed by atoms with van der Waals surface area (Å²) in [5.41, 5.74) is 7.49. The van der Waals surface area contributed by atoms with Gasteiger partial charge in [-0.25, -0.2) is 0 Å². The Morgan fingerprint density at radius 3 is 2.11 bits per heavy atom. The van der Waals surface area contributed by atoms with Crippen LogP contribution in [0.15, 0.2) is 54.1 Å². The summed E-state index contributed by atoms with van der Waals surface area (Å²) in [7, 11) is 0. The molecule has 0 aromatic heterocycles. The van der Waals surface area contributed by atoms with Gasteiger partial charge in [-0.15, -0.1) is 0 Å². The van der Waals surface area contributed by atoms with Gasteiger partial charge >= 0.3 is 0 Å². The lowest BCUT2D eigenvalue weighted by atomic mass is 9.72. The molecule has 28 heavy (non-hydrogen) atoms. The SMILES string of the molecule is CC1(C)CCC(CN2CCNCC2)=C(c2ccc(-c3ccc(Cl)cc3)cc2)C1. The molecule has 1 N–H and O–H groups in total. The molecule has 148 valence electrons. The topological polar surface area (TPSA) is 15.3 Å². The molecule has 0 atom stereocenters. The molecule has 1 heterocycles. The Balaban J connectivity index is 1.61. The zero-order valence-corrected chi connectivity index (χ0v) is 17.9. The normalized spacial score (nSPS) is 20.4. The van der Waals surface area contributed by atoms with Crippen molar-refractivity contribution in [2.75, 3.05) is 32.7 Å². The van der Waals surface area contributed by atoms with Crippen LogP contribution >= 0.6 is 11.6 Å². The van der Waals surface area contributed by atoms with E-state index in [4.69, 9.17) is 11.6 Å². The van der Waals surface area contributed by atoms with Gasteiger partial charge in [0.05, 0.1) is 0 Å². The van der Waals surface area contributed by atoms with Crippen LogP contribution in [0.5, 0.6) is 0 Å². The minimum atomic E-state index is 0.386. The number of allylic oxidation sites excluding steroid dienone is 1. The lowest BCUT2D eigenvalue weighted by Gasteiger charge is -2.36. The van der Waals surface area contributed by atoms with Gasteiger partial charge in [0.2, 0.25) is 0 Å². The van der Waals surface area contributed by atoms with Gasteiger partial charge in [-0.05, 0) is 59.1 Å². The predicted molar refractivity (Wildman–Crippen MR) is 121 cm³/mol. The van der Waals surface area contributed by atoms with Crippen LogP contribution in [0.2, 0.25) is 5.02 Å². The molecule has 0 saturated carbocycles. The summed E-state index contributed by atoms with van der Waals surface area (Å²) < 4.78 is 0. The third kappa shape index (κ3) is 4.68. The van der Waals surface area contributed by atoms with Gasteiger partial charge in [-0.2, -0.15) is 0 Å². The van der Waals surface area contributed by atoms with Crippen LogP contribution in [0, 0.1) is 5.41 Å². The molecule has 2 aliphatic rings. The second-order valence-electron chi connectivity index (χ2n) is 9.03. The quantitative estimate of drug-likeness (QED) is 0.696. The summed E-state index contributed by atoms with van der Waals surface area (Å²) in [5.74, 6) is 0. The molecular weight excluding hydrogens is 364 g/mol. The summed E-state index contributed by atoms with van der Waals surface area (Å²) >= 11 is 6.03. The van der Waals surface area contributed by atoms with Crippen molar-refractivity contribution < 1.29 is 0 Å². The van der Waals surface area contributed by atoms with Crippen LogP contribution in [0.1, 0.15) is 38.7 Å². The minimum absolute atomic E-state index is 0.386. The molecular formula is C25H31ClN2. The van der Waals surface area contributed by atoms with E-state index < -0.39 is 0 Å². The van der Waals surface area contributed by atoms with E-state index >= 15 is 0 Å². The van der Waals surface area contributed by atoms with Crippen LogP contribution in [0.4, 0.5) is 0 Å². The van der Waals surface area contributed by atoms with Gasteiger partial charge in [0, 0.05) is 37.7 Å². The second-order valence-corrected chi connectivity index (χ2v) is 9.47. The molecule has 0 amide bonds. The fraction of sp³-hybridized carbons (Fsp3) is 0.440. The Hall–Kier alpha value is -1.61. The van der Waals surface area contributed by atoms with Crippen molar-refractivity contribution in [3.8, 4) is 11.1 Å².